The van der Waals surface area contributed by atoms with Crippen LogP contribution in [0.5, 0.6) is 0 Å². The quantitative estimate of drug-likeness (QED) is 0.747. The fourth-order valence-electron chi connectivity index (χ4n) is 0.866. The first-order valence-corrected chi connectivity index (χ1v) is 4.10. The molecule has 0 aliphatic heterocycles. The van der Waals surface area contributed by atoms with Gasteiger partial charge in [0.1, 0.15) is 5.82 Å². The number of hydrogen-bond acceptors (Lipinski definition) is 1. The molecule has 4 heteroatoms. The maximum absolute atomic E-state index is 13.0. The molecule has 0 saturated carbocycles. The monoisotopic (exact) mass is 203 g/mol. The second kappa shape index (κ2) is 3.83. The second-order valence-electron chi connectivity index (χ2n) is 2.38. The average molecular weight is 204 g/mol. The van der Waals surface area contributed by atoms with E-state index in [1.165, 1.54) is 18.2 Å². The molecule has 0 bridgehead atoms. The van der Waals surface area contributed by atoms with E-state index < -0.39 is 0 Å². The zero-order valence-corrected chi connectivity index (χ0v) is 7.75. The molecule has 0 heterocycles. The summed E-state index contributed by atoms with van der Waals surface area (Å²) < 4.78 is 13.0. The third-order valence-electron chi connectivity index (χ3n) is 1.37. The molecule has 0 aliphatic rings. The predicted octanol–water partition coefficient (Wildman–Crippen LogP) is 2.31. The van der Waals surface area contributed by atoms with Crippen LogP contribution >= 0.6 is 23.8 Å². The molecule has 12 heavy (non-hydrogen) atoms. The van der Waals surface area contributed by atoms with Crippen LogP contribution in [0.3, 0.4) is 0 Å². The molecule has 2 N–H and O–H groups in total. The van der Waals surface area contributed by atoms with Crippen molar-refractivity contribution in [1.82, 2.24) is 0 Å². The van der Waals surface area contributed by atoms with Crippen molar-refractivity contribution in [3.05, 3.63) is 34.6 Å². The number of nitrogens with two attached hydrogens (primary N) is 1. The Kier molecular flexibility index (Phi) is 3.00. The van der Waals surface area contributed by atoms with E-state index in [2.05, 4.69) is 12.2 Å². The number of benzene rings is 1. The van der Waals surface area contributed by atoms with Gasteiger partial charge in [0.25, 0.3) is 0 Å². The summed E-state index contributed by atoms with van der Waals surface area (Å²) in [6.45, 7) is 0. The van der Waals surface area contributed by atoms with E-state index in [0.717, 1.165) is 0 Å². The molecular weight excluding hydrogens is 197 g/mol. The van der Waals surface area contributed by atoms with Crippen LogP contribution in [-0.2, 0) is 6.42 Å². The number of rotatable bonds is 2. The van der Waals surface area contributed by atoms with Crippen molar-refractivity contribution < 1.29 is 4.39 Å². The predicted molar refractivity (Wildman–Crippen MR) is 51.9 cm³/mol. The summed E-state index contributed by atoms with van der Waals surface area (Å²) in [5.41, 5.74) is 5.70. The van der Waals surface area contributed by atoms with Crippen LogP contribution in [0, 0.1) is 5.82 Å². The highest BCUT2D eigenvalue weighted by Crippen LogP contribution is 2.15. The lowest BCUT2D eigenvalue weighted by Crippen LogP contribution is -2.12. The zero-order valence-electron chi connectivity index (χ0n) is 6.18. The lowest BCUT2D eigenvalue weighted by molar-refractivity contribution is 0.616. The van der Waals surface area contributed by atoms with Crippen LogP contribution in [0.15, 0.2) is 18.2 Å². The molecule has 0 aliphatic carbocycles. The standard InChI is InChI=1S/C8H7ClFNS/c9-6-1-2-7(10)5(3-6)4-8(11)12/h1-3H,4H2,(H2,11,12). The fraction of sp³-hybridized carbons (Fsp3) is 0.125. The minimum Gasteiger partial charge on any atom is -0.393 e. The molecule has 0 atom stereocenters. The van der Waals surface area contributed by atoms with Gasteiger partial charge in [0.2, 0.25) is 0 Å². The minimum absolute atomic E-state index is 0.252. The van der Waals surface area contributed by atoms with E-state index in [1.807, 2.05) is 0 Å². The SMILES string of the molecule is NC(=S)Cc1cc(Cl)ccc1F. The molecule has 0 amide bonds. The van der Waals surface area contributed by atoms with Crippen molar-refractivity contribution in [2.24, 2.45) is 5.73 Å². The van der Waals surface area contributed by atoms with E-state index in [0.29, 0.717) is 10.6 Å². The molecule has 1 rings (SSSR count). The van der Waals surface area contributed by atoms with Gasteiger partial charge in [-0.1, -0.05) is 23.8 Å². The summed E-state index contributed by atoms with van der Waals surface area (Å²) >= 11 is 10.3. The molecule has 0 saturated heterocycles. The summed E-state index contributed by atoms with van der Waals surface area (Å²) in [6, 6.07) is 4.31. The molecule has 0 radical (unpaired) electrons. The van der Waals surface area contributed by atoms with Gasteiger partial charge < -0.3 is 5.73 Å². The van der Waals surface area contributed by atoms with E-state index in [1.54, 1.807) is 0 Å². The highest BCUT2D eigenvalue weighted by molar-refractivity contribution is 7.80. The molecular formula is C8H7ClFNS. The van der Waals surface area contributed by atoms with Gasteiger partial charge in [0.05, 0.1) is 4.99 Å². The Labute approximate surface area is 80.3 Å². The Morgan fingerprint density at radius 1 is 1.58 bits per heavy atom. The van der Waals surface area contributed by atoms with Gasteiger partial charge in [-0.05, 0) is 23.8 Å². The summed E-state index contributed by atoms with van der Waals surface area (Å²) in [5.74, 6) is -0.327. The number of thiocarbonyl (C=S) groups is 1. The Hall–Kier alpha value is -0.670. The summed E-state index contributed by atoms with van der Waals surface area (Å²) in [4.78, 5) is 0.260. The zero-order chi connectivity index (χ0) is 9.14. The van der Waals surface area contributed by atoms with Crippen LogP contribution < -0.4 is 5.73 Å². The molecule has 0 spiro atoms. The van der Waals surface area contributed by atoms with E-state index in [4.69, 9.17) is 17.3 Å². The van der Waals surface area contributed by atoms with Crippen molar-refractivity contribution >= 4 is 28.8 Å². The lowest BCUT2D eigenvalue weighted by atomic mass is 10.1. The molecule has 0 fully saturated rings. The maximum Gasteiger partial charge on any atom is 0.126 e. The highest BCUT2D eigenvalue weighted by Gasteiger charge is 2.03. The van der Waals surface area contributed by atoms with Gasteiger partial charge in [0, 0.05) is 11.4 Å². The van der Waals surface area contributed by atoms with Gasteiger partial charge in [-0.25, -0.2) is 4.39 Å². The molecule has 1 aromatic carbocycles. The van der Waals surface area contributed by atoms with Crippen LogP contribution in [0.1, 0.15) is 5.56 Å². The second-order valence-corrected chi connectivity index (χ2v) is 3.34. The van der Waals surface area contributed by atoms with Crippen LogP contribution in [-0.4, -0.2) is 4.99 Å². The normalized spacial score (nSPS) is 9.83. The van der Waals surface area contributed by atoms with Gasteiger partial charge in [-0.2, -0.15) is 0 Å². The smallest absolute Gasteiger partial charge is 0.126 e. The van der Waals surface area contributed by atoms with Crippen LogP contribution in [0.4, 0.5) is 4.39 Å². The van der Waals surface area contributed by atoms with E-state index in [-0.39, 0.29) is 17.2 Å². The first-order valence-electron chi connectivity index (χ1n) is 3.32. The first-order chi connectivity index (χ1) is 5.59. The van der Waals surface area contributed by atoms with Crippen molar-refractivity contribution in [3.63, 3.8) is 0 Å². The Morgan fingerprint density at radius 2 is 2.25 bits per heavy atom. The third-order valence-corrected chi connectivity index (χ3v) is 1.75. The van der Waals surface area contributed by atoms with Gasteiger partial charge in [0.15, 0.2) is 0 Å². The largest absolute Gasteiger partial charge is 0.393 e. The van der Waals surface area contributed by atoms with Crippen molar-refractivity contribution in [3.8, 4) is 0 Å². The third kappa shape index (κ3) is 2.43. The molecule has 1 aromatic rings. The Morgan fingerprint density at radius 3 is 2.83 bits per heavy atom. The van der Waals surface area contributed by atoms with Crippen molar-refractivity contribution in [2.75, 3.05) is 0 Å². The summed E-state index contributed by atoms with van der Waals surface area (Å²) in [7, 11) is 0. The van der Waals surface area contributed by atoms with Gasteiger partial charge in [-0.15, -0.1) is 0 Å². The van der Waals surface area contributed by atoms with Crippen molar-refractivity contribution in [1.29, 1.82) is 0 Å². The molecule has 1 nitrogen and oxygen atoms in total. The fourth-order valence-corrected chi connectivity index (χ4v) is 1.22. The number of hydrogen-bond donors (Lipinski definition) is 1. The van der Waals surface area contributed by atoms with E-state index >= 15 is 0 Å². The van der Waals surface area contributed by atoms with Crippen LogP contribution in [0.25, 0.3) is 0 Å². The summed E-state index contributed by atoms with van der Waals surface area (Å²) in [6.07, 6.45) is 0.252. The number of halogens is 2. The minimum atomic E-state index is -0.327. The lowest BCUT2D eigenvalue weighted by Gasteiger charge is -2.01. The molecule has 64 valence electrons. The van der Waals surface area contributed by atoms with E-state index in [9.17, 15) is 4.39 Å². The van der Waals surface area contributed by atoms with Crippen molar-refractivity contribution in [2.45, 2.75) is 6.42 Å². The average Bonchev–Trinajstić information content (AvgIpc) is 1.96. The van der Waals surface area contributed by atoms with Gasteiger partial charge >= 0.3 is 0 Å². The highest BCUT2D eigenvalue weighted by atomic mass is 35.5. The Bertz CT molecular complexity index is 314. The molecule has 0 aromatic heterocycles. The summed E-state index contributed by atoms with van der Waals surface area (Å²) in [5, 5.41) is 0.489. The Balaban J connectivity index is 2.97. The maximum atomic E-state index is 13.0. The first kappa shape index (κ1) is 9.42. The molecule has 0 unspecified atom stereocenters. The van der Waals surface area contributed by atoms with Crippen LogP contribution in [0.2, 0.25) is 5.02 Å². The topological polar surface area (TPSA) is 26.0 Å². The van der Waals surface area contributed by atoms with Gasteiger partial charge in [-0.3, -0.25) is 0 Å².